The lowest BCUT2D eigenvalue weighted by molar-refractivity contribution is -0.130. The predicted octanol–water partition coefficient (Wildman–Crippen LogP) is 0.914. The molecule has 0 spiro atoms. The van der Waals surface area contributed by atoms with Gasteiger partial charge >= 0.3 is 0 Å². The lowest BCUT2D eigenvalue weighted by Gasteiger charge is -2.20. The minimum absolute atomic E-state index is 0.123. The molecule has 1 amide bonds. The van der Waals surface area contributed by atoms with E-state index >= 15 is 0 Å². The van der Waals surface area contributed by atoms with Crippen molar-refractivity contribution < 1.29 is 9.53 Å². The maximum atomic E-state index is 12.5. The van der Waals surface area contributed by atoms with Gasteiger partial charge in [0.1, 0.15) is 17.9 Å². The first-order valence-corrected chi connectivity index (χ1v) is 7.04. The molecule has 2 heterocycles. The second-order valence-corrected chi connectivity index (χ2v) is 5.06. The average molecular weight is 286 g/mol. The fourth-order valence-electron chi connectivity index (χ4n) is 2.61. The molecule has 110 valence electrons. The summed E-state index contributed by atoms with van der Waals surface area (Å²) in [6, 6.07) is 7.65. The number of benzene rings is 1. The first kappa shape index (κ1) is 13.6. The van der Waals surface area contributed by atoms with Crippen LogP contribution in [0.2, 0.25) is 0 Å². The molecule has 1 aliphatic heterocycles. The molecular weight excluding hydrogens is 268 g/mol. The Kier molecular flexibility index (Phi) is 3.85. The predicted molar refractivity (Wildman–Crippen MR) is 77.0 cm³/mol. The van der Waals surface area contributed by atoms with Crippen molar-refractivity contribution in [2.45, 2.75) is 19.4 Å². The quantitative estimate of drug-likeness (QED) is 0.841. The van der Waals surface area contributed by atoms with Crippen LogP contribution >= 0.6 is 0 Å². The van der Waals surface area contributed by atoms with Gasteiger partial charge in [0.15, 0.2) is 0 Å². The molecule has 6 heteroatoms. The van der Waals surface area contributed by atoms with Gasteiger partial charge in [-0.25, -0.2) is 0 Å². The second kappa shape index (κ2) is 5.95. The summed E-state index contributed by atoms with van der Waals surface area (Å²) in [6.07, 6.45) is 2.84. The summed E-state index contributed by atoms with van der Waals surface area (Å²) >= 11 is 0. The molecule has 0 saturated heterocycles. The molecule has 2 aromatic rings. The van der Waals surface area contributed by atoms with Gasteiger partial charge in [0.05, 0.1) is 13.5 Å². The van der Waals surface area contributed by atoms with Crippen molar-refractivity contribution in [3.63, 3.8) is 0 Å². The molecular formula is C15H18N4O2. The van der Waals surface area contributed by atoms with Crippen LogP contribution in [0.3, 0.4) is 0 Å². The van der Waals surface area contributed by atoms with Crippen molar-refractivity contribution in [1.82, 2.24) is 19.7 Å². The highest BCUT2D eigenvalue weighted by molar-refractivity contribution is 5.79. The minimum atomic E-state index is 0.123. The summed E-state index contributed by atoms with van der Waals surface area (Å²) in [5.41, 5.74) is 0.925. The second-order valence-electron chi connectivity index (χ2n) is 5.06. The van der Waals surface area contributed by atoms with Gasteiger partial charge in [-0.05, 0) is 6.07 Å². The third kappa shape index (κ3) is 2.89. The number of para-hydroxylation sites is 1. The Morgan fingerprint density at radius 2 is 2.14 bits per heavy atom. The van der Waals surface area contributed by atoms with Crippen molar-refractivity contribution in [2.75, 3.05) is 20.2 Å². The van der Waals surface area contributed by atoms with Gasteiger partial charge < -0.3 is 14.2 Å². The number of methoxy groups -OCH3 is 1. The van der Waals surface area contributed by atoms with Crippen molar-refractivity contribution in [3.8, 4) is 5.75 Å². The van der Waals surface area contributed by atoms with E-state index in [2.05, 4.69) is 10.2 Å². The van der Waals surface area contributed by atoms with Crippen molar-refractivity contribution in [2.24, 2.45) is 0 Å². The van der Waals surface area contributed by atoms with E-state index in [0.29, 0.717) is 19.5 Å². The van der Waals surface area contributed by atoms with Crippen LogP contribution in [-0.4, -0.2) is 45.8 Å². The molecule has 0 saturated carbocycles. The van der Waals surface area contributed by atoms with Gasteiger partial charge in [-0.1, -0.05) is 18.2 Å². The number of rotatable bonds is 3. The van der Waals surface area contributed by atoms with Crippen LogP contribution in [0.4, 0.5) is 0 Å². The van der Waals surface area contributed by atoms with Crippen LogP contribution in [0.25, 0.3) is 0 Å². The zero-order valence-electron chi connectivity index (χ0n) is 12.0. The van der Waals surface area contributed by atoms with E-state index in [-0.39, 0.29) is 5.91 Å². The third-order valence-electron chi connectivity index (χ3n) is 3.80. The zero-order chi connectivity index (χ0) is 14.7. The maximum absolute atomic E-state index is 12.5. The first-order valence-electron chi connectivity index (χ1n) is 7.04. The van der Waals surface area contributed by atoms with E-state index in [0.717, 1.165) is 30.1 Å². The summed E-state index contributed by atoms with van der Waals surface area (Å²) in [5, 5.41) is 7.98. The topological polar surface area (TPSA) is 60.2 Å². The van der Waals surface area contributed by atoms with Crippen LogP contribution in [-0.2, 0) is 24.2 Å². The molecule has 0 aliphatic carbocycles. The molecule has 0 atom stereocenters. The fourth-order valence-corrected chi connectivity index (χ4v) is 2.61. The standard InChI is InChI=1S/C15H18N4O2/c1-21-13-5-3-2-4-12(13)10-15(20)18-7-6-14-17-16-11-19(14)9-8-18/h2-5,11H,6-10H2,1H3. The summed E-state index contributed by atoms with van der Waals surface area (Å²) < 4.78 is 7.31. The summed E-state index contributed by atoms with van der Waals surface area (Å²) in [6.45, 7) is 2.13. The number of hydrogen-bond donors (Lipinski definition) is 0. The number of fused-ring (bicyclic) bond motifs is 1. The Morgan fingerprint density at radius 1 is 1.29 bits per heavy atom. The van der Waals surface area contributed by atoms with E-state index in [1.165, 1.54) is 0 Å². The van der Waals surface area contributed by atoms with E-state index in [9.17, 15) is 4.79 Å². The Morgan fingerprint density at radius 3 is 3.00 bits per heavy atom. The number of aromatic nitrogens is 3. The summed E-state index contributed by atoms with van der Waals surface area (Å²) in [7, 11) is 1.63. The molecule has 21 heavy (non-hydrogen) atoms. The lowest BCUT2D eigenvalue weighted by atomic mass is 10.1. The van der Waals surface area contributed by atoms with Crippen LogP contribution < -0.4 is 4.74 Å². The highest BCUT2D eigenvalue weighted by atomic mass is 16.5. The van der Waals surface area contributed by atoms with Crippen LogP contribution in [0.15, 0.2) is 30.6 Å². The Bertz CT molecular complexity index is 616. The number of carbonyl (C=O) groups excluding carboxylic acids is 1. The molecule has 6 nitrogen and oxygen atoms in total. The third-order valence-corrected chi connectivity index (χ3v) is 3.80. The monoisotopic (exact) mass is 286 g/mol. The molecule has 1 aliphatic rings. The van der Waals surface area contributed by atoms with E-state index in [1.807, 2.05) is 33.7 Å². The number of nitrogens with zero attached hydrogens (tertiary/aromatic N) is 4. The number of hydrogen-bond acceptors (Lipinski definition) is 4. The molecule has 0 bridgehead atoms. The van der Waals surface area contributed by atoms with Gasteiger partial charge in [0.25, 0.3) is 0 Å². The summed E-state index contributed by atoms with van der Waals surface area (Å²) in [5.74, 6) is 1.83. The van der Waals surface area contributed by atoms with E-state index in [4.69, 9.17) is 4.74 Å². The van der Waals surface area contributed by atoms with Gasteiger partial charge in [-0.2, -0.15) is 0 Å². The van der Waals surface area contributed by atoms with Crippen LogP contribution in [0.1, 0.15) is 11.4 Å². The smallest absolute Gasteiger partial charge is 0.227 e. The number of ether oxygens (including phenoxy) is 1. The van der Waals surface area contributed by atoms with E-state index in [1.54, 1.807) is 13.4 Å². The number of carbonyl (C=O) groups is 1. The SMILES string of the molecule is COc1ccccc1CC(=O)N1CCc2nncn2CC1. The first-order chi connectivity index (χ1) is 10.3. The molecule has 1 aromatic heterocycles. The minimum Gasteiger partial charge on any atom is -0.496 e. The lowest BCUT2D eigenvalue weighted by Crippen LogP contribution is -2.34. The molecule has 0 N–H and O–H groups in total. The molecule has 0 radical (unpaired) electrons. The highest BCUT2D eigenvalue weighted by Gasteiger charge is 2.20. The highest BCUT2D eigenvalue weighted by Crippen LogP contribution is 2.19. The number of amides is 1. The van der Waals surface area contributed by atoms with Gasteiger partial charge in [-0.15, -0.1) is 10.2 Å². The zero-order valence-corrected chi connectivity index (χ0v) is 12.0. The van der Waals surface area contributed by atoms with Crippen LogP contribution in [0, 0.1) is 0 Å². The fraction of sp³-hybridized carbons (Fsp3) is 0.400. The Hall–Kier alpha value is -2.37. The summed E-state index contributed by atoms with van der Waals surface area (Å²) in [4.78, 5) is 14.4. The van der Waals surface area contributed by atoms with Crippen molar-refractivity contribution in [3.05, 3.63) is 42.0 Å². The average Bonchev–Trinajstić information content (AvgIpc) is 2.86. The van der Waals surface area contributed by atoms with Gasteiger partial charge in [0, 0.05) is 31.6 Å². The Balaban J connectivity index is 1.67. The molecule has 0 unspecified atom stereocenters. The molecule has 0 fully saturated rings. The Labute approximate surface area is 123 Å². The largest absolute Gasteiger partial charge is 0.496 e. The van der Waals surface area contributed by atoms with Gasteiger partial charge in [-0.3, -0.25) is 4.79 Å². The van der Waals surface area contributed by atoms with Crippen molar-refractivity contribution in [1.29, 1.82) is 0 Å². The molecule has 3 rings (SSSR count). The maximum Gasteiger partial charge on any atom is 0.227 e. The van der Waals surface area contributed by atoms with Crippen molar-refractivity contribution >= 4 is 5.91 Å². The van der Waals surface area contributed by atoms with Crippen LogP contribution in [0.5, 0.6) is 5.75 Å². The molecule has 1 aromatic carbocycles. The normalized spacial score (nSPS) is 14.4. The van der Waals surface area contributed by atoms with E-state index < -0.39 is 0 Å². The van der Waals surface area contributed by atoms with Gasteiger partial charge in [0.2, 0.25) is 5.91 Å².